The zero-order chi connectivity index (χ0) is 12.2. The molecule has 0 N–H and O–H groups in total. The maximum atomic E-state index is 4.50. The average Bonchev–Trinajstić information content (AvgIpc) is 2.89. The van der Waals surface area contributed by atoms with E-state index in [0.717, 1.165) is 13.1 Å². The van der Waals surface area contributed by atoms with Crippen molar-refractivity contribution < 1.29 is 0 Å². The Morgan fingerprint density at radius 2 is 2.17 bits per heavy atom. The van der Waals surface area contributed by atoms with Crippen LogP contribution in [0, 0.1) is 0 Å². The molecule has 1 fully saturated rings. The number of nitrogens with zero attached hydrogens (tertiary/aromatic N) is 3. The monoisotopic (exact) mass is 239 g/mol. The van der Waals surface area contributed by atoms with Gasteiger partial charge in [-0.15, -0.1) is 0 Å². The number of rotatable bonds is 3. The van der Waals surface area contributed by atoms with Gasteiger partial charge in [0.1, 0.15) is 0 Å². The van der Waals surface area contributed by atoms with Crippen molar-refractivity contribution in [3.8, 4) is 0 Å². The van der Waals surface area contributed by atoms with Gasteiger partial charge < -0.3 is 0 Å². The van der Waals surface area contributed by atoms with Crippen molar-refractivity contribution in [1.82, 2.24) is 14.9 Å². The average molecular weight is 239 g/mol. The minimum absolute atomic E-state index is 0.464. The van der Waals surface area contributed by atoms with E-state index >= 15 is 0 Å². The van der Waals surface area contributed by atoms with Gasteiger partial charge in [-0.25, -0.2) is 0 Å². The summed E-state index contributed by atoms with van der Waals surface area (Å²) in [6, 6.07) is 10.8. The van der Waals surface area contributed by atoms with E-state index in [0.29, 0.717) is 6.04 Å². The van der Waals surface area contributed by atoms with Crippen LogP contribution in [-0.2, 0) is 6.54 Å². The summed E-state index contributed by atoms with van der Waals surface area (Å²) in [4.78, 5) is 11.2. The van der Waals surface area contributed by atoms with E-state index in [9.17, 15) is 0 Å². The minimum atomic E-state index is 0.464. The second-order valence-corrected chi connectivity index (χ2v) is 4.74. The molecule has 0 amide bonds. The summed E-state index contributed by atoms with van der Waals surface area (Å²) in [6.45, 7) is 2.12. The highest BCUT2D eigenvalue weighted by Gasteiger charge is 2.26. The lowest BCUT2D eigenvalue weighted by Crippen LogP contribution is -2.23. The molecular formula is C15H17N3. The molecule has 3 rings (SSSR count). The SMILES string of the molecule is c1ccc([C@H]2CCCN2Cc2cccnc2)nc1. The minimum Gasteiger partial charge on any atom is -0.290 e. The summed E-state index contributed by atoms with van der Waals surface area (Å²) >= 11 is 0. The number of aromatic nitrogens is 2. The zero-order valence-corrected chi connectivity index (χ0v) is 10.4. The Hall–Kier alpha value is -1.74. The van der Waals surface area contributed by atoms with Gasteiger partial charge in [-0.3, -0.25) is 14.9 Å². The molecule has 1 atom stereocenters. The van der Waals surface area contributed by atoms with Crippen LogP contribution in [-0.4, -0.2) is 21.4 Å². The molecule has 3 nitrogen and oxygen atoms in total. The lowest BCUT2D eigenvalue weighted by atomic mass is 10.1. The number of hydrogen-bond donors (Lipinski definition) is 0. The quantitative estimate of drug-likeness (QED) is 0.824. The van der Waals surface area contributed by atoms with E-state index in [2.05, 4.69) is 33.1 Å². The summed E-state index contributed by atoms with van der Waals surface area (Å²) in [6.07, 6.45) is 8.12. The second-order valence-electron chi connectivity index (χ2n) is 4.74. The normalized spacial score (nSPS) is 20.1. The smallest absolute Gasteiger partial charge is 0.0575 e. The first kappa shape index (κ1) is 11.4. The van der Waals surface area contributed by atoms with Crippen LogP contribution in [0.3, 0.4) is 0 Å². The van der Waals surface area contributed by atoms with Gasteiger partial charge in [0, 0.05) is 25.1 Å². The topological polar surface area (TPSA) is 29.0 Å². The van der Waals surface area contributed by atoms with Gasteiger partial charge >= 0.3 is 0 Å². The van der Waals surface area contributed by atoms with Crippen molar-refractivity contribution in [2.75, 3.05) is 6.54 Å². The van der Waals surface area contributed by atoms with Gasteiger partial charge in [0.05, 0.1) is 11.7 Å². The molecule has 0 saturated carbocycles. The lowest BCUT2D eigenvalue weighted by Gasteiger charge is -2.23. The van der Waals surface area contributed by atoms with E-state index in [1.54, 1.807) is 0 Å². The van der Waals surface area contributed by atoms with Crippen molar-refractivity contribution in [2.24, 2.45) is 0 Å². The fraction of sp³-hybridized carbons (Fsp3) is 0.333. The summed E-state index contributed by atoms with van der Waals surface area (Å²) in [5, 5.41) is 0. The molecule has 0 radical (unpaired) electrons. The highest BCUT2D eigenvalue weighted by molar-refractivity contribution is 5.13. The van der Waals surface area contributed by atoms with Gasteiger partial charge in [-0.1, -0.05) is 12.1 Å². The van der Waals surface area contributed by atoms with Crippen molar-refractivity contribution in [1.29, 1.82) is 0 Å². The third kappa shape index (κ3) is 2.41. The Balaban J connectivity index is 1.76. The molecule has 3 heteroatoms. The number of hydrogen-bond acceptors (Lipinski definition) is 3. The third-order valence-corrected chi connectivity index (χ3v) is 3.50. The largest absolute Gasteiger partial charge is 0.290 e. The molecule has 92 valence electrons. The first-order chi connectivity index (χ1) is 8.93. The highest BCUT2D eigenvalue weighted by atomic mass is 15.2. The fourth-order valence-electron chi connectivity index (χ4n) is 2.65. The Morgan fingerprint density at radius 3 is 2.94 bits per heavy atom. The molecular weight excluding hydrogens is 222 g/mol. The van der Waals surface area contributed by atoms with Gasteiger partial charge in [-0.05, 0) is 43.1 Å². The molecule has 2 aromatic heterocycles. The first-order valence-electron chi connectivity index (χ1n) is 6.47. The van der Waals surface area contributed by atoms with Crippen LogP contribution < -0.4 is 0 Å². The van der Waals surface area contributed by atoms with Crippen LogP contribution in [0.15, 0.2) is 48.9 Å². The molecule has 0 spiro atoms. The van der Waals surface area contributed by atoms with E-state index in [-0.39, 0.29) is 0 Å². The molecule has 2 aromatic rings. The first-order valence-corrected chi connectivity index (χ1v) is 6.47. The van der Waals surface area contributed by atoms with E-state index < -0.39 is 0 Å². The summed E-state index contributed by atoms with van der Waals surface area (Å²) in [5.41, 5.74) is 2.47. The van der Waals surface area contributed by atoms with Gasteiger partial charge in [0.25, 0.3) is 0 Å². The van der Waals surface area contributed by atoms with Gasteiger partial charge in [0.2, 0.25) is 0 Å². The molecule has 1 aliphatic heterocycles. The third-order valence-electron chi connectivity index (χ3n) is 3.50. The van der Waals surface area contributed by atoms with Crippen molar-refractivity contribution >= 4 is 0 Å². The molecule has 0 aliphatic carbocycles. The van der Waals surface area contributed by atoms with Crippen LogP contribution in [0.1, 0.15) is 30.1 Å². The number of pyridine rings is 2. The molecule has 18 heavy (non-hydrogen) atoms. The van der Waals surface area contributed by atoms with E-state index in [1.807, 2.05) is 30.7 Å². The molecule has 0 aromatic carbocycles. The molecule has 1 aliphatic rings. The number of likely N-dealkylation sites (tertiary alicyclic amines) is 1. The summed E-state index contributed by atoms with van der Waals surface area (Å²) < 4.78 is 0. The Bertz CT molecular complexity index is 484. The molecule has 3 heterocycles. The van der Waals surface area contributed by atoms with Crippen LogP contribution in [0.4, 0.5) is 0 Å². The predicted molar refractivity (Wildman–Crippen MR) is 70.9 cm³/mol. The summed E-state index contributed by atoms with van der Waals surface area (Å²) in [7, 11) is 0. The molecule has 0 unspecified atom stereocenters. The fourth-order valence-corrected chi connectivity index (χ4v) is 2.65. The zero-order valence-electron chi connectivity index (χ0n) is 10.4. The van der Waals surface area contributed by atoms with Crippen LogP contribution in [0.25, 0.3) is 0 Å². The molecule has 0 bridgehead atoms. The Kier molecular flexibility index (Phi) is 3.33. The Labute approximate surface area is 108 Å². The van der Waals surface area contributed by atoms with Crippen molar-refractivity contribution in [2.45, 2.75) is 25.4 Å². The maximum Gasteiger partial charge on any atom is 0.0575 e. The standard InChI is InChI=1S/C15H17N3/c1-2-9-17-14(6-1)15-7-4-10-18(15)12-13-5-3-8-16-11-13/h1-3,5-6,8-9,11,15H,4,7,10,12H2/t15-/m1/s1. The van der Waals surface area contributed by atoms with Crippen LogP contribution in [0.2, 0.25) is 0 Å². The van der Waals surface area contributed by atoms with Gasteiger partial charge in [0.15, 0.2) is 0 Å². The van der Waals surface area contributed by atoms with E-state index in [4.69, 9.17) is 0 Å². The summed E-state index contributed by atoms with van der Waals surface area (Å²) in [5.74, 6) is 0. The maximum absolute atomic E-state index is 4.50. The van der Waals surface area contributed by atoms with Crippen molar-refractivity contribution in [3.05, 3.63) is 60.2 Å². The highest BCUT2D eigenvalue weighted by Crippen LogP contribution is 2.31. The van der Waals surface area contributed by atoms with Crippen molar-refractivity contribution in [3.63, 3.8) is 0 Å². The Morgan fingerprint density at radius 1 is 1.17 bits per heavy atom. The molecule has 1 saturated heterocycles. The van der Waals surface area contributed by atoms with Crippen LogP contribution in [0.5, 0.6) is 0 Å². The second kappa shape index (κ2) is 5.27. The van der Waals surface area contributed by atoms with Gasteiger partial charge in [-0.2, -0.15) is 0 Å². The van der Waals surface area contributed by atoms with Crippen LogP contribution >= 0.6 is 0 Å². The lowest BCUT2D eigenvalue weighted by molar-refractivity contribution is 0.244. The van der Waals surface area contributed by atoms with E-state index in [1.165, 1.54) is 24.1 Å². The predicted octanol–water partition coefficient (Wildman–Crippen LogP) is 2.81.